The molecule has 14 heteroatoms. The molecular weight excluding hydrogens is 599 g/mol. The predicted octanol–water partition coefficient (Wildman–Crippen LogP) is 7.33. The number of aromatic nitrogens is 2. The largest absolute Gasteiger partial charge is 0.481 e. The van der Waals surface area contributed by atoms with E-state index in [4.69, 9.17) is 23.2 Å². The second-order valence-corrected chi connectivity index (χ2v) is 10.6. The van der Waals surface area contributed by atoms with Crippen molar-refractivity contribution in [2.45, 2.75) is 50.9 Å². The lowest BCUT2D eigenvalue weighted by atomic mass is 9.86. The number of benzene rings is 2. The van der Waals surface area contributed by atoms with Crippen molar-refractivity contribution in [3.05, 3.63) is 86.4 Å². The lowest BCUT2D eigenvalue weighted by Crippen LogP contribution is -2.34. The van der Waals surface area contributed by atoms with E-state index >= 15 is 0 Å². The van der Waals surface area contributed by atoms with E-state index in [0.717, 1.165) is 35.4 Å². The fourth-order valence-corrected chi connectivity index (χ4v) is 5.70. The maximum Gasteiger partial charge on any atom is 0.433 e. The zero-order valence-corrected chi connectivity index (χ0v) is 22.7. The molecule has 0 bridgehead atoms. The summed E-state index contributed by atoms with van der Waals surface area (Å²) in [5.41, 5.74) is -1.90. The molecule has 0 saturated heterocycles. The molecule has 6 nitrogen and oxygen atoms in total. The van der Waals surface area contributed by atoms with Gasteiger partial charge in [0, 0.05) is 29.2 Å². The van der Waals surface area contributed by atoms with Gasteiger partial charge in [-0.05, 0) is 67.5 Å². The molecule has 1 aromatic heterocycles. The first-order valence-electron chi connectivity index (χ1n) is 12.5. The SMILES string of the molecule is O=C(O)C1CCC(n2ncc(C(=O)N(CCc3c(Cl)cc(F)cc3Cl)Cc3cc(F)cc(F)c3)c2C(F)(F)F)CC1. The normalized spacial score (nSPS) is 17.5. The number of nitrogens with zero attached hydrogens (tertiary/aromatic N) is 3. The third kappa shape index (κ3) is 7.16. The van der Waals surface area contributed by atoms with Crippen LogP contribution in [0.3, 0.4) is 0 Å². The van der Waals surface area contributed by atoms with E-state index in [1.54, 1.807) is 0 Å². The Bertz CT molecular complexity index is 1410. The molecule has 220 valence electrons. The van der Waals surface area contributed by atoms with Gasteiger partial charge in [0.2, 0.25) is 0 Å². The molecule has 2 aromatic carbocycles. The summed E-state index contributed by atoms with van der Waals surface area (Å²) in [4.78, 5) is 25.9. The van der Waals surface area contributed by atoms with E-state index in [9.17, 15) is 41.0 Å². The molecule has 1 saturated carbocycles. The van der Waals surface area contributed by atoms with Gasteiger partial charge >= 0.3 is 12.1 Å². The van der Waals surface area contributed by atoms with E-state index in [1.165, 1.54) is 0 Å². The number of carboxylic acid groups (broad SMARTS) is 1. The van der Waals surface area contributed by atoms with Gasteiger partial charge in [0.25, 0.3) is 5.91 Å². The molecule has 0 radical (unpaired) electrons. The zero-order valence-electron chi connectivity index (χ0n) is 21.2. The van der Waals surface area contributed by atoms with Crippen LogP contribution in [0.25, 0.3) is 0 Å². The molecule has 0 atom stereocenters. The van der Waals surface area contributed by atoms with Gasteiger partial charge in [0.15, 0.2) is 5.69 Å². The third-order valence-corrected chi connectivity index (χ3v) is 7.68. The highest BCUT2D eigenvalue weighted by Crippen LogP contribution is 2.39. The van der Waals surface area contributed by atoms with Crippen molar-refractivity contribution in [2.24, 2.45) is 5.92 Å². The third-order valence-electron chi connectivity index (χ3n) is 7.01. The van der Waals surface area contributed by atoms with E-state index in [0.29, 0.717) is 10.7 Å². The van der Waals surface area contributed by atoms with Gasteiger partial charge in [-0.25, -0.2) is 13.2 Å². The Kier molecular flexibility index (Phi) is 9.22. The highest BCUT2D eigenvalue weighted by molar-refractivity contribution is 6.36. The van der Waals surface area contributed by atoms with Crippen LogP contribution in [0, 0.1) is 23.4 Å². The van der Waals surface area contributed by atoms with Gasteiger partial charge in [-0.2, -0.15) is 18.3 Å². The fraction of sp³-hybridized carbons (Fsp3) is 0.370. The maximum atomic E-state index is 14.4. The van der Waals surface area contributed by atoms with Crippen LogP contribution in [-0.2, 0) is 23.9 Å². The van der Waals surface area contributed by atoms with Gasteiger partial charge in [-0.15, -0.1) is 0 Å². The van der Waals surface area contributed by atoms with Crippen LogP contribution in [0.1, 0.15) is 58.9 Å². The summed E-state index contributed by atoms with van der Waals surface area (Å²) in [6.45, 7) is -0.773. The minimum absolute atomic E-state index is 0.0277. The number of carboxylic acids is 1. The summed E-state index contributed by atoms with van der Waals surface area (Å²) in [5, 5.41) is 12.9. The van der Waals surface area contributed by atoms with Crippen molar-refractivity contribution >= 4 is 35.1 Å². The van der Waals surface area contributed by atoms with E-state index in [-0.39, 0.29) is 59.8 Å². The molecule has 0 spiro atoms. The topological polar surface area (TPSA) is 75.4 Å². The number of rotatable bonds is 8. The second kappa shape index (κ2) is 12.3. The Morgan fingerprint density at radius 3 is 2.05 bits per heavy atom. The number of carbonyl (C=O) groups is 2. The molecule has 1 aliphatic rings. The Morgan fingerprint density at radius 1 is 0.951 bits per heavy atom. The average Bonchev–Trinajstić information content (AvgIpc) is 3.32. The van der Waals surface area contributed by atoms with E-state index < -0.39 is 65.3 Å². The molecule has 3 aromatic rings. The van der Waals surface area contributed by atoms with Crippen LogP contribution in [0.15, 0.2) is 36.5 Å². The zero-order chi connectivity index (χ0) is 30.1. The second-order valence-electron chi connectivity index (χ2n) is 9.80. The summed E-state index contributed by atoms with van der Waals surface area (Å²) < 4.78 is 85.2. The number of hydrogen-bond acceptors (Lipinski definition) is 3. The lowest BCUT2D eigenvalue weighted by molar-refractivity contribution is -0.147. The number of carbonyl (C=O) groups excluding carboxylic acids is 1. The van der Waals surface area contributed by atoms with Crippen LogP contribution in [0.2, 0.25) is 10.0 Å². The molecule has 1 heterocycles. The average molecular weight is 622 g/mol. The van der Waals surface area contributed by atoms with Gasteiger partial charge in [-0.3, -0.25) is 14.3 Å². The number of halogens is 8. The first kappa shape index (κ1) is 30.7. The minimum atomic E-state index is -5.01. The highest BCUT2D eigenvalue weighted by atomic mass is 35.5. The predicted molar refractivity (Wildman–Crippen MR) is 137 cm³/mol. The van der Waals surface area contributed by atoms with Crippen LogP contribution in [0.4, 0.5) is 26.3 Å². The Morgan fingerprint density at radius 2 is 1.51 bits per heavy atom. The van der Waals surface area contributed by atoms with Crippen molar-refractivity contribution in [2.75, 3.05) is 6.54 Å². The van der Waals surface area contributed by atoms with Gasteiger partial charge in [0.05, 0.1) is 23.7 Å². The Balaban J connectivity index is 1.69. The summed E-state index contributed by atoms with van der Waals surface area (Å²) in [7, 11) is 0. The van der Waals surface area contributed by atoms with Gasteiger partial charge in [0.1, 0.15) is 17.5 Å². The summed E-state index contributed by atoms with van der Waals surface area (Å²) in [6, 6.07) is 3.68. The fourth-order valence-electron chi connectivity index (χ4n) is 5.05. The molecule has 1 fully saturated rings. The van der Waals surface area contributed by atoms with Crippen molar-refractivity contribution in [3.63, 3.8) is 0 Å². The molecule has 4 rings (SSSR count). The Hall–Kier alpha value is -3.25. The molecular formula is C27H23Cl2F6N3O3. The number of hydrogen-bond donors (Lipinski definition) is 1. The first-order valence-corrected chi connectivity index (χ1v) is 13.2. The molecule has 0 unspecified atom stereocenters. The van der Waals surface area contributed by atoms with Gasteiger partial charge < -0.3 is 10.0 Å². The van der Waals surface area contributed by atoms with Crippen molar-refractivity contribution in [1.82, 2.24) is 14.7 Å². The lowest BCUT2D eigenvalue weighted by Gasteiger charge is -2.28. The Labute approximate surface area is 240 Å². The summed E-state index contributed by atoms with van der Waals surface area (Å²) >= 11 is 12.2. The standard InChI is InChI=1S/C27H23Cl2F6N3O3/c28-22-10-18(32)11-23(29)20(22)5-6-37(13-14-7-16(30)9-17(31)8-14)25(39)21-12-36-38(24(21)27(33,34)35)19-3-1-15(2-4-19)26(40)41/h7-12,15,19H,1-6,13H2,(H,40,41). The molecule has 1 amide bonds. The maximum absolute atomic E-state index is 14.4. The summed E-state index contributed by atoms with van der Waals surface area (Å²) in [5.74, 6) is -5.44. The van der Waals surface area contributed by atoms with Crippen LogP contribution in [0.5, 0.6) is 0 Å². The smallest absolute Gasteiger partial charge is 0.433 e. The van der Waals surface area contributed by atoms with E-state index in [2.05, 4.69) is 5.10 Å². The van der Waals surface area contributed by atoms with E-state index in [1.807, 2.05) is 0 Å². The van der Waals surface area contributed by atoms with Crippen molar-refractivity contribution in [3.8, 4) is 0 Å². The quantitative estimate of drug-likeness (QED) is 0.267. The molecule has 0 aliphatic heterocycles. The summed E-state index contributed by atoms with van der Waals surface area (Å²) in [6.07, 6.45) is -3.81. The van der Waals surface area contributed by atoms with Crippen molar-refractivity contribution in [1.29, 1.82) is 0 Å². The van der Waals surface area contributed by atoms with Crippen molar-refractivity contribution < 1.29 is 41.0 Å². The molecule has 41 heavy (non-hydrogen) atoms. The number of amides is 1. The number of aliphatic carboxylic acids is 1. The molecule has 1 N–H and O–H groups in total. The minimum Gasteiger partial charge on any atom is -0.481 e. The highest BCUT2D eigenvalue weighted by Gasteiger charge is 2.43. The molecule has 1 aliphatic carbocycles. The first-order chi connectivity index (χ1) is 19.2. The monoisotopic (exact) mass is 621 g/mol. The van der Waals surface area contributed by atoms with Crippen LogP contribution in [-0.4, -0.2) is 38.2 Å². The van der Waals surface area contributed by atoms with Crippen LogP contribution < -0.4 is 0 Å². The number of alkyl halides is 3. The van der Waals surface area contributed by atoms with Crippen LogP contribution >= 0.6 is 23.2 Å². The van der Waals surface area contributed by atoms with Gasteiger partial charge in [-0.1, -0.05) is 23.2 Å².